The Balaban J connectivity index is 1.65. The second kappa shape index (κ2) is 7.49. The van der Waals surface area contributed by atoms with Crippen molar-refractivity contribution in [3.63, 3.8) is 0 Å². The van der Waals surface area contributed by atoms with Gasteiger partial charge in [-0.15, -0.1) is 11.3 Å². The molecule has 2 heterocycles. The SMILES string of the molecule is OCCN(CCc1ccccc1)Cc1cnc2ccsc2c1. The number of hydrogen-bond acceptors (Lipinski definition) is 4. The maximum absolute atomic E-state index is 9.30. The predicted molar refractivity (Wildman–Crippen MR) is 92.1 cm³/mol. The minimum atomic E-state index is 0.184. The van der Waals surface area contributed by atoms with Gasteiger partial charge in [0.05, 0.1) is 16.8 Å². The van der Waals surface area contributed by atoms with Crippen LogP contribution in [-0.4, -0.2) is 34.7 Å². The van der Waals surface area contributed by atoms with Gasteiger partial charge in [-0.2, -0.15) is 0 Å². The van der Waals surface area contributed by atoms with Gasteiger partial charge < -0.3 is 5.11 Å². The van der Waals surface area contributed by atoms with Gasteiger partial charge in [0.2, 0.25) is 0 Å². The van der Waals surface area contributed by atoms with Crippen molar-refractivity contribution < 1.29 is 5.11 Å². The minimum Gasteiger partial charge on any atom is -0.395 e. The maximum atomic E-state index is 9.30. The zero-order valence-electron chi connectivity index (χ0n) is 12.5. The lowest BCUT2D eigenvalue weighted by molar-refractivity contribution is 0.191. The van der Waals surface area contributed by atoms with Crippen LogP contribution in [0.3, 0.4) is 0 Å². The van der Waals surface area contributed by atoms with Gasteiger partial charge in [0.1, 0.15) is 0 Å². The van der Waals surface area contributed by atoms with E-state index in [2.05, 4.69) is 45.6 Å². The Morgan fingerprint density at radius 3 is 2.73 bits per heavy atom. The van der Waals surface area contributed by atoms with Crippen LogP contribution in [0.25, 0.3) is 10.2 Å². The summed E-state index contributed by atoms with van der Waals surface area (Å²) in [6.45, 7) is 2.64. The third-order valence-corrected chi connectivity index (χ3v) is 4.59. The molecule has 0 radical (unpaired) electrons. The fourth-order valence-electron chi connectivity index (χ4n) is 2.57. The van der Waals surface area contributed by atoms with Gasteiger partial charge >= 0.3 is 0 Å². The van der Waals surface area contributed by atoms with Gasteiger partial charge in [0, 0.05) is 25.8 Å². The third-order valence-electron chi connectivity index (χ3n) is 3.74. The highest BCUT2D eigenvalue weighted by Crippen LogP contribution is 2.20. The normalized spacial score (nSPS) is 11.4. The molecule has 4 heteroatoms. The van der Waals surface area contributed by atoms with Crippen LogP contribution in [-0.2, 0) is 13.0 Å². The quantitative estimate of drug-likeness (QED) is 0.727. The molecule has 0 aliphatic carbocycles. The van der Waals surface area contributed by atoms with E-state index in [0.717, 1.165) is 25.0 Å². The van der Waals surface area contributed by atoms with Crippen molar-refractivity contribution in [2.45, 2.75) is 13.0 Å². The van der Waals surface area contributed by atoms with Crippen molar-refractivity contribution in [2.24, 2.45) is 0 Å². The highest BCUT2D eigenvalue weighted by molar-refractivity contribution is 7.17. The number of aliphatic hydroxyl groups excluding tert-OH is 1. The topological polar surface area (TPSA) is 36.4 Å². The Labute approximate surface area is 134 Å². The molecule has 0 spiro atoms. The highest BCUT2D eigenvalue weighted by Gasteiger charge is 2.07. The maximum Gasteiger partial charge on any atom is 0.0809 e. The third kappa shape index (κ3) is 3.91. The van der Waals surface area contributed by atoms with Gasteiger partial charge in [-0.05, 0) is 35.1 Å². The fourth-order valence-corrected chi connectivity index (χ4v) is 3.38. The van der Waals surface area contributed by atoms with Crippen molar-refractivity contribution in [3.8, 4) is 0 Å². The first kappa shape index (κ1) is 15.2. The van der Waals surface area contributed by atoms with E-state index in [1.165, 1.54) is 15.8 Å². The molecule has 0 aliphatic heterocycles. The van der Waals surface area contributed by atoms with Crippen molar-refractivity contribution in [3.05, 3.63) is 65.2 Å². The molecule has 1 N–H and O–H groups in total. The number of benzene rings is 1. The van der Waals surface area contributed by atoms with E-state index in [4.69, 9.17) is 0 Å². The monoisotopic (exact) mass is 312 g/mol. The van der Waals surface area contributed by atoms with Crippen molar-refractivity contribution in [1.82, 2.24) is 9.88 Å². The molecule has 0 atom stereocenters. The van der Waals surface area contributed by atoms with Crippen LogP contribution in [0.1, 0.15) is 11.1 Å². The van der Waals surface area contributed by atoms with Crippen LogP contribution in [0, 0.1) is 0 Å². The lowest BCUT2D eigenvalue weighted by atomic mass is 10.1. The number of rotatable bonds is 7. The molecule has 0 saturated carbocycles. The molecule has 22 heavy (non-hydrogen) atoms. The molecule has 3 nitrogen and oxygen atoms in total. The molecule has 0 fully saturated rings. The molecule has 3 aromatic rings. The number of aromatic nitrogens is 1. The summed E-state index contributed by atoms with van der Waals surface area (Å²) in [7, 11) is 0. The second-order valence-electron chi connectivity index (χ2n) is 5.38. The molecule has 1 aromatic carbocycles. The molecule has 0 unspecified atom stereocenters. The average Bonchev–Trinajstić information content (AvgIpc) is 3.01. The molecule has 3 rings (SSSR count). The molecule has 2 aromatic heterocycles. The number of pyridine rings is 1. The number of aliphatic hydroxyl groups is 1. The van der Waals surface area contributed by atoms with Crippen molar-refractivity contribution in [1.29, 1.82) is 0 Å². The summed E-state index contributed by atoms with van der Waals surface area (Å²) in [4.78, 5) is 6.78. The zero-order valence-corrected chi connectivity index (χ0v) is 13.3. The molecule has 0 bridgehead atoms. The lowest BCUT2D eigenvalue weighted by Crippen LogP contribution is -2.28. The smallest absolute Gasteiger partial charge is 0.0809 e. The summed E-state index contributed by atoms with van der Waals surface area (Å²) in [5.41, 5.74) is 3.60. The van der Waals surface area contributed by atoms with Crippen LogP contribution >= 0.6 is 11.3 Å². The standard InChI is InChI=1S/C18H20N2OS/c21-10-9-20(8-6-15-4-2-1-3-5-15)14-16-12-18-17(19-13-16)7-11-22-18/h1-5,7,11-13,21H,6,8-10,14H2. The Morgan fingerprint density at radius 2 is 1.91 bits per heavy atom. The average molecular weight is 312 g/mol. The van der Waals surface area contributed by atoms with E-state index in [1.807, 2.05) is 18.3 Å². The van der Waals surface area contributed by atoms with Crippen LogP contribution in [0.15, 0.2) is 54.0 Å². The lowest BCUT2D eigenvalue weighted by Gasteiger charge is -2.21. The van der Waals surface area contributed by atoms with Crippen molar-refractivity contribution >= 4 is 21.6 Å². The summed E-state index contributed by atoms with van der Waals surface area (Å²) in [5, 5.41) is 11.4. The van der Waals surface area contributed by atoms with Crippen LogP contribution in [0.4, 0.5) is 0 Å². The highest BCUT2D eigenvalue weighted by atomic mass is 32.1. The summed E-state index contributed by atoms with van der Waals surface area (Å²) < 4.78 is 1.23. The largest absolute Gasteiger partial charge is 0.395 e. The van der Waals surface area contributed by atoms with E-state index in [-0.39, 0.29) is 6.61 Å². The summed E-state index contributed by atoms with van der Waals surface area (Å²) in [6, 6.07) is 14.7. The van der Waals surface area contributed by atoms with Gasteiger partial charge in [-0.3, -0.25) is 9.88 Å². The number of fused-ring (bicyclic) bond motifs is 1. The molecule has 0 aliphatic rings. The van der Waals surface area contributed by atoms with Crippen molar-refractivity contribution in [2.75, 3.05) is 19.7 Å². The first-order valence-corrected chi connectivity index (χ1v) is 8.42. The van der Waals surface area contributed by atoms with Gasteiger partial charge in [0.15, 0.2) is 0 Å². The molecular weight excluding hydrogens is 292 g/mol. The zero-order chi connectivity index (χ0) is 15.2. The Kier molecular flexibility index (Phi) is 5.16. The molecular formula is C18H20N2OS. The Bertz CT molecular complexity index is 711. The van der Waals surface area contributed by atoms with Crippen LogP contribution < -0.4 is 0 Å². The first-order chi connectivity index (χ1) is 10.8. The molecule has 0 amide bonds. The Morgan fingerprint density at radius 1 is 1.05 bits per heavy atom. The summed E-state index contributed by atoms with van der Waals surface area (Å²) in [6.07, 6.45) is 2.94. The Hall–Kier alpha value is -1.75. The number of nitrogens with zero attached hydrogens (tertiary/aromatic N) is 2. The van der Waals surface area contributed by atoms with Crippen LogP contribution in [0.2, 0.25) is 0 Å². The number of thiophene rings is 1. The van der Waals surface area contributed by atoms with E-state index < -0.39 is 0 Å². The van der Waals surface area contributed by atoms with Gasteiger partial charge in [-0.25, -0.2) is 0 Å². The van der Waals surface area contributed by atoms with E-state index in [9.17, 15) is 5.11 Å². The minimum absolute atomic E-state index is 0.184. The molecule has 114 valence electrons. The predicted octanol–water partition coefficient (Wildman–Crippen LogP) is 3.33. The summed E-state index contributed by atoms with van der Waals surface area (Å²) in [5.74, 6) is 0. The van der Waals surface area contributed by atoms with E-state index >= 15 is 0 Å². The summed E-state index contributed by atoms with van der Waals surface area (Å²) >= 11 is 1.72. The van der Waals surface area contributed by atoms with E-state index in [0.29, 0.717) is 6.54 Å². The second-order valence-corrected chi connectivity index (χ2v) is 6.33. The van der Waals surface area contributed by atoms with E-state index in [1.54, 1.807) is 11.3 Å². The van der Waals surface area contributed by atoms with Gasteiger partial charge in [-0.1, -0.05) is 30.3 Å². The van der Waals surface area contributed by atoms with Crippen LogP contribution in [0.5, 0.6) is 0 Å². The number of hydrogen-bond donors (Lipinski definition) is 1. The fraction of sp³-hybridized carbons (Fsp3) is 0.278. The first-order valence-electron chi connectivity index (χ1n) is 7.54. The van der Waals surface area contributed by atoms with Gasteiger partial charge in [0.25, 0.3) is 0 Å². The molecule has 0 saturated heterocycles.